The molecule has 0 bridgehead atoms. The Morgan fingerprint density at radius 2 is 1.96 bits per heavy atom. The van der Waals surface area contributed by atoms with Crippen LogP contribution in [0.4, 0.5) is 0 Å². The molecule has 2 heterocycles. The van der Waals surface area contributed by atoms with E-state index in [9.17, 15) is 0 Å². The number of nitrogens with one attached hydrogen (secondary N) is 1. The summed E-state index contributed by atoms with van der Waals surface area (Å²) < 4.78 is 6.00. The Balaban J connectivity index is 1.62. The van der Waals surface area contributed by atoms with Gasteiger partial charge in [0.2, 0.25) is 0 Å². The Bertz CT molecular complexity index is 594. The highest BCUT2D eigenvalue weighted by atomic mass is 16.5. The third-order valence-corrected chi connectivity index (χ3v) is 6.22. The average molecular weight is 329 g/mol. The van der Waals surface area contributed by atoms with Gasteiger partial charge in [0, 0.05) is 43.6 Å². The molecule has 0 amide bonds. The summed E-state index contributed by atoms with van der Waals surface area (Å²) in [5.41, 5.74) is 1.72. The van der Waals surface area contributed by atoms with E-state index in [0.29, 0.717) is 11.3 Å². The van der Waals surface area contributed by atoms with Crippen LogP contribution in [0.5, 0.6) is 0 Å². The minimum Gasteiger partial charge on any atom is -0.373 e. The van der Waals surface area contributed by atoms with Gasteiger partial charge in [-0.25, -0.2) is 0 Å². The third-order valence-electron chi connectivity index (χ3n) is 6.22. The summed E-state index contributed by atoms with van der Waals surface area (Å²) in [5, 5.41) is 3.60. The highest BCUT2D eigenvalue weighted by Crippen LogP contribution is 2.46. The summed E-state index contributed by atoms with van der Waals surface area (Å²) in [6.07, 6.45) is 1.29. The maximum atomic E-state index is 6.00. The Morgan fingerprint density at radius 3 is 2.54 bits per heavy atom. The lowest BCUT2D eigenvalue weighted by Crippen LogP contribution is -2.72. The molecule has 2 atom stereocenters. The van der Waals surface area contributed by atoms with Crippen molar-refractivity contribution < 1.29 is 4.74 Å². The van der Waals surface area contributed by atoms with Crippen molar-refractivity contribution in [2.75, 3.05) is 26.7 Å². The van der Waals surface area contributed by atoms with Crippen molar-refractivity contribution in [3.05, 3.63) is 35.9 Å². The first kappa shape index (κ1) is 17.3. The van der Waals surface area contributed by atoms with E-state index in [2.05, 4.69) is 73.2 Å². The molecule has 1 N–H and O–H groups in total. The maximum absolute atomic E-state index is 6.00. The fourth-order valence-corrected chi connectivity index (χ4v) is 3.77. The van der Waals surface area contributed by atoms with Gasteiger partial charge in [-0.05, 0) is 25.8 Å². The van der Waals surface area contributed by atoms with E-state index in [-0.39, 0.29) is 11.6 Å². The Hall–Kier alpha value is -1.55. The van der Waals surface area contributed by atoms with E-state index in [1.165, 1.54) is 5.56 Å². The molecule has 132 valence electrons. The molecular weight excluding hydrogens is 298 g/mol. The van der Waals surface area contributed by atoms with Crippen molar-refractivity contribution in [3.8, 4) is 0 Å². The number of benzene rings is 1. The minimum atomic E-state index is 0.125. The molecule has 0 saturated carbocycles. The Morgan fingerprint density at radius 1 is 1.25 bits per heavy atom. The van der Waals surface area contributed by atoms with Gasteiger partial charge in [0.05, 0.1) is 6.10 Å². The largest absolute Gasteiger partial charge is 0.373 e. The molecule has 4 heteroatoms. The summed E-state index contributed by atoms with van der Waals surface area (Å²) in [5.74, 6) is 1.50. The number of hydrogen-bond acceptors (Lipinski definition) is 2. The average Bonchev–Trinajstić information content (AvgIpc) is 3.03. The van der Waals surface area contributed by atoms with E-state index in [1.807, 2.05) is 7.05 Å². The van der Waals surface area contributed by atoms with Gasteiger partial charge in [-0.15, -0.1) is 0 Å². The topological polar surface area (TPSA) is 36.9 Å². The second kappa shape index (κ2) is 6.40. The summed E-state index contributed by atoms with van der Waals surface area (Å²) >= 11 is 0. The SMILES string of the molecule is CN=C(NCC1CCOC1c1ccccc1)N1CC(C)(C)C1(C)C. The predicted molar refractivity (Wildman–Crippen MR) is 99.2 cm³/mol. The molecule has 0 spiro atoms. The number of aliphatic imine (C=N–C) groups is 1. The molecule has 1 aromatic carbocycles. The van der Waals surface area contributed by atoms with Gasteiger partial charge in [0.1, 0.15) is 0 Å². The van der Waals surface area contributed by atoms with E-state index in [0.717, 1.165) is 32.1 Å². The van der Waals surface area contributed by atoms with Crippen molar-refractivity contribution in [1.82, 2.24) is 10.2 Å². The van der Waals surface area contributed by atoms with Crippen LogP contribution in [-0.2, 0) is 4.74 Å². The van der Waals surface area contributed by atoms with E-state index in [1.54, 1.807) is 0 Å². The molecule has 2 saturated heterocycles. The van der Waals surface area contributed by atoms with E-state index in [4.69, 9.17) is 4.74 Å². The molecule has 2 unspecified atom stereocenters. The van der Waals surface area contributed by atoms with Crippen molar-refractivity contribution in [2.24, 2.45) is 16.3 Å². The van der Waals surface area contributed by atoms with Crippen LogP contribution in [0.3, 0.4) is 0 Å². The third kappa shape index (κ3) is 2.92. The van der Waals surface area contributed by atoms with Crippen LogP contribution in [0, 0.1) is 11.3 Å². The number of likely N-dealkylation sites (tertiary alicyclic amines) is 1. The summed E-state index contributed by atoms with van der Waals surface area (Å²) in [6.45, 7) is 12.0. The quantitative estimate of drug-likeness (QED) is 0.681. The van der Waals surface area contributed by atoms with Crippen LogP contribution in [-0.4, -0.2) is 43.1 Å². The van der Waals surface area contributed by atoms with Gasteiger partial charge in [0.25, 0.3) is 0 Å². The zero-order chi connectivity index (χ0) is 17.4. The van der Waals surface area contributed by atoms with Crippen LogP contribution in [0.25, 0.3) is 0 Å². The molecule has 2 aliphatic heterocycles. The number of hydrogen-bond donors (Lipinski definition) is 1. The molecule has 0 radical (unpaired) electrons. The van der Waals surface area contributed by atoms with Gasteiger partial charge in [-0.3, -0.25) is 4.99 Å². The van der Waals surface area contributed by atoms with E-state index < -0.39 is 0 Å². The molecule has 3 rings (SSSR count). The highest BCUT2D eigenvalue weighted by Gasteiger charge is 2.53. The molecular formula is C20H31N3O. The molecule has 0 aliphatic carbocycles. The van der Waals surface area contributed by atoms with Gasteiger partial charge < -0.3 is 15.0 Å². The van der Waals surface area contributed by atoms with Crippen molar-refractivity contribution in [2.45, 2.75) is 45.8 Å². The van der Waals surface area contributed by atoms with Crippen LogP contribution >= 0.6 is 0 Å². The summed E-state index contributed by atoms with van der Waals surface area (Å²) in [7, 11) is 1.88. The van der Waals surface area contributed by atoms with Crippen LogP contribution in [0.1, 0.15) is 45.8 Å². The van der Waals surface area contributed by atoms with Crippen molar-refractivity contribution in [1.29, 1.82) is 0 Å². The molecule has 1 aromatic rings. The minimum absolute atomic E-state index is 0.125. The maximum Gasteiger partial charge on any atom is 0.194 e. The zero-order valence-corrected chi connectivity index (χ0v) is 15.7. The lowest BCUT2D eigenvalue weighted by Gasteiger charge is -2.62. The lowest BCUT2D eigenvalue weighted by atomic mass is 9.65. The number of guanidine groups is 1. The van der Waals surface area contributed by atoms with Crippen LogP contribution in [0.2, 0.25) is 0 Å². The predicted octanol–water partition coefficient (Wildman–Crippen LogP) is 3.46. The molecule has 24 heavy (non-hydrogen) atoms. The second-order valence-corrected chi connectivity index (χ2v) is 8.21. The number of ether oxygens (including phenoxy) is 1. The van der Waals surface area contributed by atoms with Crippen LogP contribution < -0.4 is 5.32 Å². The Labute approximate surface area is 146 Å². The van der Waals surface area contributed by atoms with Gasteiger partial charge in [0.15, 0.2) is 5.96 Å². The van der Waals surface area contributed by atoms with E-state index >= 15 is 0 Å². The normalized spacial score (nSPS) is 28.5. The molecule has 0 aromatic heterocycles. The molecule has 2 fully saturated rings. The first-order valence-corrected chi connectivity index (χ1v) is 9.01. The van der Waals surface area contributed by atoms with Crippen LogP contribution in [0.15, 0.2) is 35.3 Å². The smallest absolute Gasteiger partial charge is 0.194 e. The number of rotatable bonds is 3. The summed E-state index contributed by atoms with van der Waals surface area (Å²) in [4.78, 5) is 6.91. The van der Waals surface area contributed by atoms with Gasteiger partial charge in [-0.1, -0.05) is 44.2 Å². The summed E-state index contributed by atoms with van der Waals surface area (Å²) in [6, 6.07) is 10.6. The first-order valence-electron chi connectivity index (χ1n) is 9.01. The number of nitrogens with zero attached hydrogens (tertiary/aromatic N) is 2. The van der Waals surface area contributed by atoms with Crippen molar-refractivity contribution >= 4 is 5.96 Å². The fraction of sp³-hybridized carbons (Fsp3) is 0.650. The standard InChI is InChI=1S/C20H31N3O/c1-19(2)14-23(20(19,3)4)18(21-5)22-13-16-11-12-24-17(16)15-9-7-6-8-10-15/h6-10,16-17H,11-14H2,1-5H3,(H,21,22). The van der Waals surface area contributed by atoms with Gasteiger partial charge >= 0.3 is 0 Å². The first-order chi connectivity index (χ1) is 11.4. The fourth-order valence-electron chi connectivity index (χ4n) is 3.77. The van der Waals surface area contributed by atoms with Gasteiger partial charge in [-0.2, -0.15) is 0 Å². The van der Waals surface area contributed by atoms with Crippen molar-refractivity contribution in [3.63, 3.8) is 0 Å². The Kier molecular flexibility index (Phi) is 4.60. The monoisotopic (exact) mass is 329 g/mol. The highest BCUT2D eigenvalue weighted by molar-refractivity contribution is 5.82. The second-order valence-electron chi connectivity index (χ2n) is 8.21. The molecule has 2 aliphatic rings. The molecule has 4 nitrogen and oxygen atoms in total. The zero-order valence-electron chi connectivity index (χ0n) is 15.7. The lowest BCUT2D eigenvalue weighted by molar-refractivity contribution is -0.0669.